The number of aromatic nitrogens is 4. The van der Waals surface area contributed by atoms with Crippen molar-refractivity contribution in [2.45, 2.75) is 0 Å². The highest BCUT2D eigenvalue weighted by Crippen LogP contribution is 2.32. The summed E-state index contributed by atoms with van der Waals surface area (Å²) in [6.07, 6.45) is 0. The molecule has 0 bridgehead atoms. The topological polar surface area (TPSA) is 51.6 Å². The second-order valence-corrected chi connectivity index (χ2v) is 5.35. The van der Waals surface area contributed by atoms with Gasteiger partial charge in [-0.3, -0.25) is 0 Å². The molecule has 0 aliphatic rings. The summed E-state index contributed by atoms with van der Waals surface area (Å²) in [6.45, 7) is 0. The molecule has 1 heterocycles. The first-order valence-electron chi connectivity index (χ1n) is 5.93. The van der Waals surface area contributed by atoms with Crippen LogP contribution in [-0.4, -0.2) is 20.4 Å². The number of halogens is 3. The molecule has 3 aromatic rings. The molecular formula is C14H7Cl3N4. The van der Waals surface area contributed by atoms with Gasteiger partial charge < -0.3 is 0 Å². The van der Waals surface area contributed by atoms with Crippen molar-refractivity contribution in [2.24, 2.45) is 0 Å². The predicted molar refractivity (Wildman–Crippen MR) is 83.5 cm³/mol. The van der Waals surface area contributed by atoms with E-state index in [4.69, 9.17) is 34.8 Å². The van der Waals surface area contributed by atoms with Crippen LogP contribution in [-0.2, 0) is 0 Å². The summed E-state index contributed by atoms with van der Waals surface area (Å²) in [5, 5.41) is 17.6. The molecule has 0 amide bonds. The van der Waals surface area contributed by atoms with Crippen LogP contribution in [0.4, 0.5) is 0 Å². The van der Waals surface area contributed by atoms with Crippen molar-refractivity contribution in [3.05, 3.63) is 57.5 Å². The summed E-state index contributed by atoms with van der Waals surface area (Å²) in [4.78, 5) is 0. The van der Waals surface area contributed by atoms with Crippen molar-refractivity contribution < 1.29 is 0 Å². The second-order valence-electron chi connectivity index (χ2n) is 4.12. The first-order chi connectivity index (χ1) is 10.2. The standard InChI is InChI=1S/C14H7Cl3N4/c15-9-5-2-1-4-8(9)13-18-20-14(21-19-13)12-10(16)6-3-7-11(12)17/h1-7H. The molecule has 0 saturated heterocycles. The van der Waals surface area contributed by atoms with Gasteiger partial charge in [-0.25, -0.2) is 0 Å². The zero-order valence-corrected chi connectivity index (χ0v) is 12.7. The van der Waals surface area contributed by atoms with Gasteiger partial charge in [-0.15, -0.1) is 20.4 Å². The van der Waals surface area contributed by atoms with Crippen LogP contribution in [0.2, 0.25) is 15.1 Å². The van der Waals surface area contributed by atoms with Gasteiger partial charge in [-0.1, -0.05) is 53.0 Å². The van der Waals surface area contributed by atoms with Gasteiger partial charge in [0, 0.05) is 5.56 Å². The predicted octanol–water partition coefficient (Wildman–Crippen LogP) is 4.56. The fraction of sp³-hybridized carbons (Fsp3) is 0. The number of rotatable bonds is 2. The van der Waals surface area contributed by atoms with Crippen LogP contribution in [0, 0.1) is 0 Å². The monoisotopic (exact) mass is 336 g/mol. The van der Waals surface area contributed by atoms with Crippen LogP contribution in [0.3, 0.4) is 0 Å². The summed E-state index contributed by atoms with van der Waals surface area (Å²) < 4.78 is 0. The number of hydrogen-bond acceptors (Lipinski definition) is 4. The van der Waals surface area contributed by atoms with Gasteiger partial charge in [0.2, 0.25) is 11.6 Å². The Hall–Kier alpha value is -1.75. The number of hydrogen-bond donors (Lipinski definition) is 0. The lowest BCUT2D eigenvalue weighted by molar-refractivity contribution is 0.876. The molecule has 21 heavy (non-hydrogen) atoms. The summed E-state index contributed by atoms with van der Waals surface area (Å²) in [5.41, 5.74) is 1.17. The Balaban J connectivity index is 2.04. The van der Waals surface area contributed by atoms with Crippen LogP contribution in [0.25, 0.3) is 22.8 Å². The van der Waals surface area contributed by atoms with Crippen LogP contribution < -0.4 is 0 Å². The van der Waals surface area contributed by atoms with Crippen molar-refractivity contribution in [2.75, 3.05) is 0 Å². The SMILES string of the molecule is Clc1ccccc1-c1nnc(-c2c(Cl)cccc2Cl)nn1. The molecule has 0 N–H and O–H groups in total. The number of nitrogens with zero attached hydrogens (tertiary/aromatic N) is 4. The van der Waals surface area contributed by atoms with Crippen LogP contribution in [0.15, 0.2) is 42.5 Å². The van der Waals surface area contributed by atoms with Crippen LogP contribution in [0.5, 0.6) is 0 Å². The molecule has 0 aliphatic carbocycles. The Bertz CT molecular complexity index is 770. The lowest BCUT2D eigenvalue weighted by atomic mass is 10.2. The van der Waals surface area contributed by atoms with E-state index < -0.39 is 0 Å². The van der Waals surface area contributed by atoms with E-state index >= 15 is 0 Å². The Morgan fingerprint density at radius 2 is 1.10 bits per heavy atom. The van der Waals surface area contributed by atoms with Crippen molar-refractivity contribution in [3.8, 4) is 22.8 Å². The molecule has 0 unspecified atom stereocenters. The fourth-order valence-electron chi connectivity index (χ4n) is 1.79. The average molecular weight is 338 g/mol. The normalized spacial score (nSPS) is 10.6. The van der Waals surface area contributed by atoms with Crippen molar-refractivity contribution in [1.82, 2.24) is 20.4 Å². The summed E-state index contributed by atoms with van der Waals surface area (Å²) in [6, 6.07) is 12.4. The second kappa shape index (κ2) is 5.93. The quantitative estimate of drug-likeness (QED) is 0.688. The van der Waals surface area contributed by atoms with E-state index in [-0.39, 0.29) is 5.82 Å². The maximum Gasteiger partial charge on any atom is 0.206 e. The molecule has 0 atom stereocenters. The molecule has 104 valence electrons. The molecular weight excluding hydrogens is 331 g/mol. The van der Waals surface area contributed by atoms with E-state index in [1.807, 2.05) is 12.1 Å². The van der Waals surface area contributed by atoms with Gasteiger partial charge >= 0.3 is 0 Å². The van der Waals surface area contributed by atoms with E-state index in [0.717, 1.165) is 0 Å². The van der Waals surface area contributed by atoms with Gasteiger partial charge in [0.1, 0.15) is 0 Å². The van der Waals surface area contributed by atoms with Crippen molar-refractivity contribution in [1.29, 1.82) is 0 Å². The minimum absolute atomic E-state index is 0.265. The first-order valence-corrected chi connectivity index (χ1v) is 7.07. The fourth-order valence-corrected chi connectivity index (χ4v) is 2.58. The minimum Gasteiger partial charge on any atom is -0.126 e. The smallest absolute Gasteiger partial charge is 0.126 e. The van der Waals surface area contributed by atoms with Crippen LogP contribution >= 0.6 is 34.8 Å². The molecule has 0 saturated carbocycles. The summed E-state index contributed by atoms with van der Waals surface area (Å²) in [5.74, 6) is 0.605. The van der Waals surface area contributed by atoms with Crippen molar-refractivity contribution in [3.63, 3.8) is 0 Å². The third-order valence-corrected chi connectivity index (χ3v) is 3.74. The van der Waals surface area contributed by atoms with E-state index in [2.05, 4.69) is 20.4 Å². The molecule has 3 rings (SSSR count). The van der Waals surface area contributed by atoms with E-state index in [1.54, 1.807) is 30.3 Å². The average Bonchev–Trinajstić information content (AvgIpc) is 2.48. The third-order valence-electron chi connectivity index (χ3n) is 2.78. The highest BCUT2D eigenvalue weighted by Gasteiger charge is 2.14. The molecule has 0 spiro atoms. The molecule has 2 aromatic carbocycles. The zero-order chi connectivity index (χ0) is 14.8. The Kier molecular flexibility index (Phi) is 4.01. The lowest BCUT2D eigenvalue weighted by Crippen LogP contribution is -2.00. The molecule has 7 heteroatoms. The number of benzene rings is 2. The van der Waals surface area contributed by atoms with Gasteiger partial charge in [-0.05, 0) is 24.3 Å². The van der Waals surface area contributed by atoms with Crippen LogP contribution in [0.1, 0.15) is 0 Å². The van der Waals surface area contributed by atoms with Gasteiger partial charge in [-0.2, -0.15) is 0 Å². The Labute approximate surface area is 135 Å². The Morgan fingerprint density at radius 3 is 1.71 bits per heavy atom. The molecule has 4 nitrogen and oxygen atoms in total. The zero-order valence-electron chi connectivity index (χ0n) is 10.5. The maximum atomic E-state index is 6.10. The third kappa shape index (κ3) is 2.83. The van der Waals surface area contributed by atoms with E-state index in [9.17, 15) is 0 Å². The highest BCUT2D eigenvalue weighted by atomic mass is 35.5. The first kappa shape index (κ1) is 14.2. The molecule has 1 aromatic heterocycles. The summed E-state index contributed by atoms with van der Waals surface area (Å²) in [7, 11) is 0. The molecule has 0 fully saturated rings. The van der Waals surface area contributed by atoms with Crippen molar-refractivity contribution >= 4 is 34.8 Å². The van der Waals surface area contributed by atoms with Gasteiger partial charge in [0.25, 0.3) is 0 Å². The lowest BCUT2D eigenvalue weighted by Gasteiger charge is -2.05. The summed E-state index contributed by atoms with van der Waals surface area (Å²) >= 11 is 18.3. The minimum atomic E-state index is 0.265. The van der Waals surface area contributed by atoms with Gasteiger partial charge in [0.05, 0.1) is 20.6 Å². The highest BCUT2D eigenvalue weighted by molar-refractivity contribution is 6.39. The largest absolute Gasteiger partial charge is 0.206 e. The van der Waals surface area contributed by atoms with E-state index in [1.165, 1.54) is 0 Å². The van der Waals surface area contributed by atoms with Gasteiger partial charge in [0.15, 0.2) is 0 Å². The van der Waals surface area contributed by atoms with E-state index in [0.29, 0.717) is 32.0 Å². The Morgan fingerprint density at radius 1 is 0.571 bits per heavy atom. The molecule has 0 radical (unpaired) electrons. The molecule has 0 aliphatic heterocycles. The maximum absolute atomic E-state index is 6.10.